The van der Waals surface area contributed by atoms with Crippen molar-refractivity contribution in [3.63, 3.8) is 0 Å². The van der Waals surface area contributed by atoms with Crippen LogP contribution in [0.4, 0.5) is 4.79 Å². The molecule has 148 valence electrons. The number of rotatable bonds is 6. The first-order valence-electron chi connectivity index (χ1n) is 9.69. The minimum Gasteiger partial charge on any atom is -0.429 e. The summed E-state index contributed by atoms with van der Waals surface area (Å²) in [5, 5.41) is 0. The molecule has 1 unspecified atom stereocenters. The number of hydrogen-bond acceptors (Lipinski definition) is 3. The Bertz CT molecular complexity index is 1040. The molecule has 0 heterocycles. The van der Waals surface area contributed by atoms with Crippen molar-refractivity contribution in [1.29, 1.82) is 0 Å². The Balaban J connectivity index is 1.72. The lowest BCUT2D eigenvalue weighted by Gasteiger charge is -2.27. The standard InChI is InChI=1S/C27H22O3/c1-2-27(25-19-10-5-11-20-25,21-13-12-16-23-14-6-3-7-15-23)30-26(28)29-22-24-17-8-4-9-18-24/h1,3-11,14-15,17-20H,13,21-22H2. The molecule has 0 saturated heterocycles. The first-order valence-corrected chi connectivity index (χ1v) is 9.69. The number of carbonyl (C=O) groups excluding carboxylic acids is 1. The topological polar surface area (TPSA) is 35.5 Å². The van der Waals surface area contributed by atoms with Crippen molar-refractivity contribution in [2.75, 3.05) is 0 Å². The van der Waals surface area contributed by atoms with E-state index in [4.69, 9.17) is 15.9 Å². The highest BCUT2D eigenvalue weighted by Crippen LogP contribution is 2.31. The number of hydrogen-bond donors (Lipinski definition) is 0. The Hall–Kier alpha value is -3.95. The molecule has 0 aliphatic rings. The predicted octanol–water partition coefficient (Wildman–Crippen LogP) is 5.70. The zero-order chi connectivity index (χ0) is 21.1. The van der Waals surface area contributed by atoms with Crippen LogP contribution >= 0.6 is 0 Å². The monoisotopic (exact) mass is 394 g/mol. The molecule has 0 radical (unpaired) electrons. The molecule has 3 aromatic rings. The lowest BCUT2D eigenvalue weighted by molar-refractivity contribution is -0.0153. The molecule has 3 aromatic carbocycles. The average Bonchev–Trinajstić information content (AvgIpc) is 2.81. The maximum absolute atomic E-state index is 12.4. The van der Waals surface area contributed by atoms with Crippen LogP contribution in [0.3, 0.4) is 0 Å². The highest BCUT2D eigenvalue weighted by Gasteiger charge is 2.34. The van der Waals surface area contributed by atoms with Gasteiger partial charge in [0.1, 0.15) is 6.61 Å². The van der Waals surface area contributed by atoms with Gasteiger partial charge in [0.2, 0.25) is 5.60 Å². The second-order valence-corrected chi connectivity index (χ2v) is 6.63. The molecule has 0 saturated carbocycles. The highest BCUT2D eigenvalue weighted by atomic mass is 16.7. The van der Waals surface area contributed by atoms with Gasteiger partial charge in [-0.25, -0.2) is 4.79 Å². The van der Waals surface area contributed by atoms with Gasteiger partial charge in [-0.3, -0.25) is 0 Å². The lowest BCUT2D eigenvalue weighted by Crippen LogP contribution is -2.31. The van der Waals surface area contributed by atoms with Crippen LogP contribution in [0.15, 0.2) is 91.0 Å². The molecule has 0 fully saturated rings. The molecule has 0 aliphatic carbocycles. The third-order valence-corrected chi connectivity index (χ3v) is 4.54. The van der Waals surface area contributed by atoms with Crippen molar-refractivity contribution in [2.24, 2.45) is 0 Å². The Morgan fingerprint density at radius 3 is 2.10 bits per heavy atom. The number of benzene rings is 3. The summed E-state index contributed by atoms with van der Waals surface area (Å²) >= 11 is 0. The molecule has 0 N–H and O–H groups in total. The van der Waals surface area contributed by atoms with E-state index in [1.54, 1.807) is 0 Å². The van der Waals surface area contributed by atoms with Crippen molar-refractivity contribution in [2.45, 2.75) is 25.0 Å². The quantitative estimate of drug-likeness (QED) is 0.397. The van der Waals surface area contributed by atoms with Gasteiger partial charge in [0, 0.05) is 24.0 Å². The van der Waals surface area contributed by atoms with Gasteiger partial charge >= 0.3 is 6.16 Å². The fourth-order valence-corrected chi connectivity index (χ4v) is 2.96. The molecule has 0 bridgehead atoms. The van der Waals surface area contributed by atoms with Crippen LogP contribution in [-0.4, -0.2) is 6.16 Å². The van der Waals surface area contributed by atoms with Crippen LogP contribution in [0.25, 0.3) is 0 Å². The number of terminal acetylenes is 1. The molecule has 1 atom stereocenters. The SMILES string of the molecule is C#CC(CCC#Cc1ccccc1)(OC(=O)OCc1ccccc1)c1ccccc1. The first kappa shape index (κ1) is 20.8. The minimum absolute atomic E-state index is 0.114. The van der Waals surface area contributed by atoms with Crippen LogP contribution in [0.5, 0.6) is 0 Å². The summed E-state index contributed by atoms with van der Waals surface area (Å²) in [7, 11) is 0. The van der Waals surface area contributed by atoms with E-state index in [0.29, 0.717) is 18.4 Å². The normalized spacial score (nSPS) is 11.8. The van der Waals surface area contributed by atoms with Crippen molar-refractivity contribution >= 4 is 6.16 Å². The molecule has 3 nitrogen and oxygen atoms in total. The Morgan fingerprint density at radius 2 is 1.47 bits per heavy atom. The Morgan fingerprint density at radius 1 is 0.867 bits per heavy atom. The zero-order valence-electron chi connectivity index (χ0n) is 16.6. The third-order valence-electron chi connectivity index (χ3n) is 4.54. The second-order valence-electron chi connectivity index (χ2n) is 6.63. The lowest BCUT2D eigenvalue weighted by atomic mass is 9.89. The van der Waals surface area contributed by atoms with Gasteiger partial charge in [-0.1, -0.05) is 96.6 Å². The van der Waals surface area contributed by atoms with Crippen LogP contribution < -0.4 is 0 Å². The van der Waals surface area contributed by atoms with Crippen LogP contribution in [0.2, 0.25) is 0 Å². The van der Waals surface area contributed by atoms with Crippen LogP contribution in [-0.2, 0) is 21.7 Å². The maximum Gasteiger partial charge on any atom is 0.510 e. The third kappa shape index (κ3) is 5.77. The fourth-order valence-electron chi connectivity index (χ4n) is 2.96. The van der Waals surface area contributed by atoms with Crippen molar-refractivity contribution < 1.29 is 14.3 Å². The fraction of sp³-hybridized carbons (Fsp3) is 0.148. The van der Waals surface area contributed by atoms with Gasteiger partial charge in [-0.15, -0.1) is 6.42 Å². The van der Waals surface area contributed by atoms with Gasteiger partial charge in [0.25, 0.3) is 0 Å². The molecular weight excluding hydrogens is 372 g/mol. The zero-order valence-corrected chi connectivity index (χ0v) is 16.6. The van der Waals surface area contributed by atoms with Crippen molar-refractivity contribution in [3.05, 3.63) is 108 Å². The summed E-state index contributed by atoms with van der Waals surface area (Å²) in [6, 6.07) is 28.4. The summed E-state index contributed by atoms with van der Waals surface area (Å²) < 4.78 is 11.0. The number of carbonyl (C=O) groups is 1. The van der Waals surface area contributed by atoms with E-state index in [1.807, 2.05) is 91.0 Å². The number of ether oxygens (including phenoxy) is 2. The average molecular weight is 394 g/mol. The highest BCUT2D eigenvalue weighted by molar-refractivity contribution is 5.62. The van der Waals surface area contributed by atoms with E-state index < -0.39 is 11.8 Å². The molecular formula is C27H22O3. The second kappa shape index (κ2) is 10.6. The Labute approximate surface area is 177 Å². The van der Waals surface area contributed by atoms with Crippen LogP contribution in [0, 0.1) is 24.2 Å². The van der Waals surface area contributed by atoms with E-state index in [1.165, 1.54) is 0 Å². The van der Waals surface area contributed by atoms with E-state index in [0.717, 1.165) is 11.1 Å². The van der Waals surface area contributed by atoms with Gasteiger partial charge in [-0.05, 0) is 17.7 Å². The summed E-state index contributed by atoms with van der Waals surface area (Å²) in [4.78, 5) is 12.4. The largest absolute Gasteiger partial charge is 0.510 e. The predicted molar refractivity (Wildman–Crippen MR) is 117 cm³/mol. The van der Waals surface area contributed by atoms with Crippen LogP contribution in [0.1, 0.15) is 29.5 Å². The molecule has 3 heteroatoms. The molecule has 30 heavy (non-hydrogen) atoms. The van der Waals surface area contributed by atoms with E-state index in [2.05, 4.69) is 17.8 Å². The van der Waals surface area contributed by atoms with Crippen molar-refractivity contribution in [1.82, 2.24) is 0 Å². The molecule has 0 spiro atoms. The van der Waals surface area contributed by atoms with Gasteiger partial charge in [-0.2, -0.15) is 0 Å². The van der Waals surface area contributed by atoms with E-state index >= 15 is 0 Å². The summed E-state index contributed by atoms with van der Waals surface area (Å²) in [6.07, 6.45) is 5.86. The minimum atomic E-state index is -1.25. The molecule has 0 amide bonds. The Kier molecular flexibility index (Phi) is 7.31. The smallest absolute Gasteiger partial charge is 0.429 e. The summed E-state index contributed by atoms with van der Waals surface area (Å²) in [5.41, 5.74) is 1.26. The summed E-state index contributed by atoms with van der Waals surface area (Å²) in [5.74, 6) is 8.89. The summed E-state index contributed by atoms with van der Waals surface area (Å²) in [6.45, 7) is 0.114. The van der Waals surface area contributed by atoms with Gasteiger partial charge in [0.05, 0.1) is 0 Å². The molecule has 0 aliphatic heterocycles. The van der Waals surface area contributed by atoms with E-state index in [-0.39, 0.29) is 6.61 Å². The maximum atomic E-state index is 12.4. The van der Waals surface area contributed by atoms with Gasteiger partial charge in [0.15, 0.2) is 0 Å². The molecule has 0 aromatic heterocycles. The van der Waals surface area contributed by atoms with Crippen molar-refractivity contribution in [3.8, 4) is 24.2 Å². The van der Waals surface area contributed by atoms with Gasteiger partial charge < -0.3 is 9.47 Å². The first-order chi connectivity index (χ1) is 14.7. The molecule has 3 rings (SSSR count). The van der Waals surface area contributed by atoms with E-state index in [9.17, 15) is 4.79 Å².